The van der Waals surface area contributed by atoms with Crippen LogP contribution in [0.1, 0.15) is 58.3 Å². The summed E-state index contributed by atoms with van der Waals surface area (Å²) in [5.41, 5.74) is 5.38. The molecule has 2 fully saturated rings. The first-order chi connectivity index (χ1) is 18.7. The number of rotatable bonds is 6. The minimum atomic E-state index is 0.102. The predicted molar refractivity (Wildman–Crippen MR) is 152 cm³/mol. The zero-order valence-electron chi connectivity index (χ0n) is 21.5. The maximum absolute atomic E-state index is 13.9. The highest BCUT2D eigenvalue weighted by atomic mass is 35.5. The zero-order valence-corrected chi connectivity index (χ0v) is 22.3. The van der Waals surface area contributed by atoms with Crippen LogP contribution in [0.5, 0.6) is 0 Å². The Kier molecular flexibility index (Phi) is 7.30. The lowest BCUT2D eigenvalue weighted by Gasteiger charge is -2.33. The molecule has 3 aromatic carbocycles. The Balaban J connectivity index is 1.24. The Morgan fingerprint density at radius 3 is 2.18 bits per heavy atom. The average molecular weight is 525 g/mol. The number of carbonyl (C=O) groups excluding carboxylic acids is 1. The van der Waals surface area contributed by atoms with Gasteiger partial charge in [0.25, 0.3) is 5.91 Å². The minimum Gasteiger partial charge on any atom is -0.338 e. The second-order valence-corrected chi connectivity index (χ2v) is 11.0. The molecule has 6 rings (SSSR count). The molecule has 0 bridgehead atoms. The molecule has 0 spiro atoms. The first-order valence-electron chi connectivity index (χ1n) is 13.6. The fourth-order valence-corrected chi connectivity index (χ4v) is 6.15. The van der Waals surface area contributed by atoms with Gasteiger partial charge in [0.2, 0.25) is 0 Å². The summed E-state index contributed by atoms with van der Waals surface area (Å²) in [6, 6.07) is 28.9. The van der Waals surface area contributed by atoms with Gasteiger partial charge in [-0.25, -0.2) is 4.68 Å². The van der Waals surface area contributed by atoms with Crippen molar-refractivity contribution in [1.82, 2.24) is 19.6 Å². The molecule has 0 radical (unpaired) electrons. The largest absolute Gasteiger partial charge is 0.338 e. The highest BCUT2D eigenvalue weighted by Crippen LogP contribution is 2.35. The average Bonchev–Trinajstić information content (AvgIpc) is 3.63. The molecule has 3 heterocycles. The summed E-state index contributed by atoms with van der Waals surface area (Å²) in [4.78, 5) is 18.5. The Hall–Kier alpha value is -3.41. The first kappa shape index (κ1) is 24.9. The van der Waals surface area contributed by atoms with E-state index in [-0.39, 0.29) is 11.8 Å². The van der Waals surface area contributed by atoms with Crippen LogP contribution in [-0.4, -0.2) is 51.7 Å². The van der Waals surface area contributed by atoms with Crippen molar-refractivity contribution >= 4 is 17.5 Å². The van der Waals surface area contributed by atoms with Crippen LogP contribution in [0.15, 0.2) is 91.1 Å². The molecule has 1 unspecified atom stereocenters. The molecule has 4 aromatic rings. The van der Waals surface area contributed by atoms with Crippen LogP contribution in [-0.2, 0) is 6.54 Å². The molecule has 38 heavy (non-hydrogen) atoms. The van der Waals surface area contributed by atoms with Crippen molar-refractivity contribution in [3.63, 3.8) is 0 Å². The first-order valence-corrected chi connectivity index (χ1v) is 14.0. The van der Waals surface area contributed by atoms with Crippen molar-refractivity contribution in [2.45, 2.75) is 37.6 Å². The van der Waals surface area contributed by atoms with E-state index in [9.17, 15) is 4.79 Å². The summed E-state index contributed by atoms with van der Waals surface area (Å²) < 4.78 is 1.98. The fraction of sp³-hybridized carbons (Fsp3) is 0.312. The Labute approximate surface area is 229 Å². The molecule has 1 atom stereocenters. The van der Waals surface area contributed by atoms with Crippen LogP contribution in [0.3, 0.4) is 0 Å². The smallest absolute Gasteiger partial charge is 0.257 e. The van der Waals surface area contributed by atoms with Gasteiger partial charge in [-0.1, -0.05) is 72.3 Å². The zero-order chi connectivity index (χ0) is 25.9. The van der Waals surface area contributed by atoms with E-state index in [2.05, 4.69) is 59.5 Å². The number of nitrogens with zero attached hydrogens (tertiary/aromatic N) is 4. The van der Waals surface area contributed by atoms with Crippen LogP contribution in [0.2, 0.25) is 5.02 Å². The van der Waals surface area contributed by atoms with Crippen LogP contribution < -0.4 is 0 Å². The Morgan fingerprint density at radius 1 is 0.816 bits per heavy atom. The molecule has 2 aliphatic rings. The second kappa shape index (κ2) is 11.1. The summed E-state index contributed by atoms with van der Waals surface area (Å²) in [5, 5.41) is 5.45. The van der Waals surface area contributed by atoms with Crippen molar-refractivity contribution in [3.8, 4) is 5.69 Å². The maximum Gasteiger partial charge on any atom is 0.257 e. The van der Waals surface area contributed by atoms with Crippen molar-refractivity contribution in [1.29, 1.82) is 0 Å². The van der Waals surface area contributed by atoms with Crippen molar-refractivity contribution < 1.29 is 4.79 Å². The fourth-order valence-electron chi connectivity index (χ4n) is 6.02. The van der Waals surface area contributed by atoms with Gasteiger partial charge in [0, 0.05) is 36.5 Å². The molecular weight excluding hydrogens is 492 g/mol. The highest BCUT2D eigenvalue weighted by molar-refractivity contribution is 6.30. The van der Waals surface area contributed by atoms with Gasteiger partial charge in [-0.2, -0.15) is 5.10 Å². The number of benzene rings is 3. The SMILES string of the molecule is O=C(c1cnn(-c2ccc(Cl)cc2)c1C1CCN(Cc2ccccc2)CC1)N1CCC(c2ccccc2)C1. The number of aromatic nitrogens is 2. The van der Waals surface area contributed by atoms with Crippen LogP contribution >= 0.6 is 11.6 Å². The van der Waals surface area contributed by atoms with Gasteiger partial charge in [0.05, 0.1) is 23.1 Å². The van der Waals surface area contributed by atoms with E-state index >= 15 is 0 Å². The molecule has 2 saturated heterocycles. The molecular formula is C32H33ClN4O. The molecule has 1 aromatic heterocycles. The lowest BCUT2D eigenvalue weighted by atomic mass is 9.90. The summed E-state index contributed by atoms with van der Waals surface area (Å²) in [7, 11) is 0. The topological polar surface area (TPSA) is 41.4 Å². The van der Waals surface area contributed by atoms with Gasteiger partial charge in [0.1, 0.15) is 0 Å². The van der Waals surface area contributed by atoms with Gasteiger partial charge in [-0.3, -0.25) is 9.69 Å². The van der Waals surface area contributed by atoms with Gasteiger partial charge in [-0.05, 0) is 67.7 Å². The van der Waals surface area contributed by atoms with E-state index < -0.39 is 0 Å². The van der Waals surface area contributed by atoms with Gasteiger partial charge in [-0.15, -0.1) is 0 Å². The lowest BCUT2D eigenvalue weighted by molar-refractivity contribution is 0.0788. The van der Waals surface area contributed by atoms with Crippen LogP contribution in [0.4, 0.5) is 0 Å². The third kappa shape index (κ3) is 5.27. The molecule has 2 aliphatic heterocycles. The summed E-state index contributed by atoms with van der Waals surface area (Å²) in [5.74, 6) is 0.758. The molecule has 0 N–H and O–H groups in total. The molecule has 6 heteroatoms. The summed E-state index contributed by atoms with van der Waals surface area (Å²) >= 11 is 6.18. The number of halogens is 1. The highest BCUT2D eigenvalue weighted by Gasteiger charge is 2.34. The molecule has 0 aliphatic carbocycles. The van der Waals surface area contributed by atoms with E-state index in [0.717, 1.165) is 68.9 Å². The predicted octanol–water partition coefficient (Wildman–Crippen LogP) is 6.54. The second-order valence-electron chi connectivity index (χ2n) is 10.5. The Bertz CT molecular complexity index is 1360. The molecule has 194 valence electrons. The van der Waals surface area contributed by atoms with Crippen molar-refractivity contribution in [3.05, 3.63) is 119 Å². The third-order valence-corrected chi connectivity index (χ3v) is 8.33. The third-order valence-electron chi connectivity index (χ3n) is 8.08. The normalized spacial score (nSPS) is 18.7. The Morgan fingerprint density at radius 2 is 1.47 bits per heavy atom. The number of piperidine rings is 1. The van der Waals surface area contributed by atoms with Gasteiger partial charge in [0.15, 0.2) is 0 Å². The molecule has 5 nitrogen and oxygen atoms in total. The van der Waals surface area contributed by atoms with Crippen LogP contribution in [0, 0.1) is 0 Å². The number of carbonyl (C=O) groups is 1. The quantitative estimate of drug-likeness (QED) is 0.288. The van der Waals surface area contributed by atoms with E-state index in [0.29, 0.717) is 10.9 Å². The number of hydrogen-bond acceptors (Lipinski definition) is 3. The van der Waals surface area contributed by atoms with Crippen molar-refractivity contribution in [2.24, 2.45) is 0 Å². The summed E-state index contributed by atoms with van der Waals surface area (Å²) in [6.07, 6.45) is 4.78. The minimum absolute atomic E-state index is 0.102. The van der Waals surface area contributed by atoms with Crippen LogP contribution in [0.25, 0.3) is 5.69 Å². The van der Waals surface area contributed by atoms with Gasteiger partial charge >= 0.3 is 0 Å². The van der Waals surface area contributed by atoms with E-state index in [4.69, 9.17) is 16.7 Å². The van der Waals surface area contributed by atoms with E-state index in [1.807, 2.05) is 39.9 Å². The number of amides is 1. The monoisotopic (exact) mass is 524 g/mol. The molecule has 1 amide bonds. The standard InChI is InChI=1S/C32H33ClN4O/c33-28-11-13-29(14-12-28)37-31(26-15-18-35(19-16-26)22-24-7-3-1-4-8-24)30(21-34-37)32(38)36-20-17-27(23-36)25-9-5-2-6-10-25/h1-14,21,26-27H,15-20,22-23H2. The lowest BCUT2D eigenvalue weighted by Crippen LogP contribution is -2.34. The van der Waals surface area contributed by atoms with Gasteiger partial charge < -0.3 is 4.90 Å². The number of likely N-dealkylation sites (tertiary alicyclic amines) is 2. The van der Waals surface area contributed by atoms with E-state index in [1.165, 1.54) is 11.1 Å². The summed E-state index contributed by atoms with van der Waals surface area (Å²) in [6.45, 7) is 4.49. The molecule has 0 saturated carbocycles. The van der Waals surface area contributed by atoms with E-state index in [1.54, 1.807) is 6.20 Å². The number of hydrogen-bond donors (Lipinski definition) is 0. The van der Waals surface area contributed by atoms with Crippen molar-refractivity contribution in [2.75, 3.05) is 26.2 Å². The maximum atomic E-state index is 13.9.